The van der Waals surface area contributed by atoms with Crippen LogP contribution in [0.5, 0.6) is 11.5 Å². The van der Waals surface area contributed by atoms with Gasteiger partial charge in [-0.2, -0.15) is 26.3 Å². The number of amides is 2. The lowest BCUT2D eigenvalue weighted by Gasteiger charge is -2.14. The second-order valence-electron chi connectivity index (χ2n) is 9.42. The van der Waals surface area contributed by atoms with Crippen molar-refractivity contribution in [2.45, 2.75) is 12.4 Å². The van der Waals surface area contributed by atoms with Gasteiger partial charge in [-0.05, 0) is 77.5 Å². The number of hydrogen-bond donors (Lipinski definition) is 2. The fourth-order valence-corrected chi connectivity index (χ4v) is 4.24. The third-order valence-electron chi connectivity index (χ3n) is 6.28. The second-order valence-corrected chi connectivity index (χ2v) is 9.42. The van der Waals surface area contributed by atoms with Crippen molar-refractivity contribution < 1.29 is 40.7 Å². The van der Waals surface area contributed by atoms with Gasteiger partial charge in [0.25, 0.3) is 11.8 Å². The van der Waals surface area contributed by atoms with Gasteiger partial charge in [0.15, 0.2) is 0 Å². The number of anilines is 2. The third-order valence-corrected chi connectivity index (χ3v) is 6.28. The lowest BCUT2D eigenvalue weighted by atomic mass is 10.1. The molecule has 218 valence electrons. The highest BCUT2D eigenvalue weighted by Gasteiger charge is 2.31. The van der Waals surface area contributed by atoms with Crippen molar-refractivity contribution in [1.82, 2.24) is 0 Å². The topological polar surface area (TPSA) is 67.4 Å². The quantitative estimate of drug-likeness (QED) is 0.193. The predicted octanol–water partition coefficient (Wildman–Crippen LogP) is 9.17. The summed E-state index contributed by atoms with van der Waals surface area (Å²) in [6.07, 6.45) is -9.27. The summed E-state index contributed by atoms with van der Waals surface area (Å²) >= 11 is 0. The van der Waals surface area contributed by atoms with Gasteiger partial charge in [-0.15, -0.1) is 0 Å². The minimum absolute atomic E-state index is 0.0289. The van der Waals surface area contributed by atoms with E-state index in [9.17, 15) is 35.9 Å². The van der Waals surface area contributed by atoms with Crippen molar-refractivity contribution in [2.24, 2.45) is 0 Å². The number of carbonyl (C=O) groups excluding carboxylic acids is 2. The van der Waals surface area contributed by atoms with Crippen LogP contribution in [0.15, 0.2) is 109 Å². The minimum atomic E-state index is -4.64. The van der Waals surface area contributed by atoms with Crippen molar-refractivity contribution in [3.05, 3.63) is 131 Å². The number of benzene rings is 5. The molecule has 0 bridgehead atoms. The molecule has 0 fully saturated rings. The Morgan fingerprint density at radius 2 is 1.02 bits per heavy atom. The summed E-state index contributed by atoms with van der Waals surface area (Å²) in [6.45, 7) is 0. The first-order valence-electron chi connectivity index (χ1n) is 12.6. The van der Waals surface area contributed by atoms with E-state index >= 15 is 0 Å². The van der Waals surface area contributed by atoms with Crippen LogP contribution < -0.4 is 15.4 Å². The van der Waals surface area contributed by atoms with Gasteiger partial charge in [-0.25, -0.2) is 0 Å². The largest absolute Gasteiger partial charge is 0.457 e. The average Bonchev–Trinajstić information content (AvgIpc) is 2.96. The SMILES string of the molecule is O=C(Nc1cccc(C(F)(F)F)c1)c1cc(Oc2ccc3ccccc3c2)cc(C(=O)Nc2cccc(C(F)(F)F)c2)c1. The van der Waals surface area contributed by atoms with Crippen LogP contribution in [-0.2, 0) is 12.4 Å². The Labute approximate surface area is 240 Å². The zero-order chi connectivity index (χ0) is 30.8. The van der Waals surface area contributed by atoms with E-state index in [2.05, 4.69) is 10.6 Å². The summed E-state index contributed by atoms with van der Waals surface area (Å²) in [5, 5.41) is 6.53. The molecule has 11 heteroatoms. The Kier molecular flexibility index (Phi) is 7.81. The van der Waals surface area contributed by atoms with Crippen molar-refractivity contribution >= 4 is 34.0 Å². The van der Waals surface area contributed by atoms with Crippen LogP contribution in [-0.4, -0.2) is 11.8 Å². The van der Waals surface area contributed by atoms with Gasteiger partial charge in [0, 0.05) is 22.5 Å². The standard InChI is InChI=1S/C32H20F6N2O3/c33-31(34,35)23-7-3-9-25(17-23)39-29(41)21-13-22(30(42)40-26-10-4-8-24(18-26)32(36,37)38)16-28(15-21)43-27-12-11-19-5-1-2-6-20(19)14-27/h1-18H,(H,39,41)(H,40,42). The smallest absolute Gasteiger partial charge is 0.416 e. The molecule has 0 saturated carbocycles. The number of hydrogen-bond acceptors (Lipinski definition) is 3. The number of halogens is 6. The first-order chi connectivity index (χ1) is 20.3. The molecular formula is C32H20F6N2O3. The van der Waals surface area contributed by atoms with Crippen LogP contribution in [0.25, 0.3) is 10.8 Å². The van der Waals surface area contributed by atoms with Gasteiger partial charge in [0.2, 0.25) is 0 Å². The molecule has 0 aliphatic carbocycles. The number of nitrogens with one attached hydrogen (secondary N) is 2. The highest BCUT2D eigenvalue weighted by molar-refractivity contribution is 6.09. The maximum atomic E-state index is 13.2. The number of carbonyl (C=O) groups is 2. The van der Waals surface area contributed by atoms with Gasteiger partial charge >= 0.3 is 12.4 Å². The van der Waals surface area contributed by atoms with Gasteiger partial charge < -0.3 is 15.4 Å². The Balaban J connectivity index is 1.48. The summed E-state index contributed by atoms with van der Waals surface area (Å²) in [4.78, 5) is 26.3. The molecule has 0 aliphatic heterocycles. The summed E-state index contributed by atoms with van der Waals surface area (Å²) < 4.78 is 84.9. The second kappa shape index (κ2) is 11.5. The molecule has 2 amide bonds. The molecule has 0 atom stereocenters. The third kappa shape index (κ3) is 7.13. The molecule has 0 heterocycles. The van der Waals surface area contributed by atoms with Crippen LogP contribution in [0, 0.1) is 0 Å². The fourth-order valence-electron chi connectivity index (χ4n) is 4.24. The molecule has 0 spiro atoms. The molecule has 0 saturated heterocycles. The Bertz CT molecular complexity index is 1740. The van der Waals surface area contributed by atoms with E-state index < -0.39 is 35.3 Å². The highest BCUT2D eigenvalue weighted by Crippen LogP contribution is 2.33. The molecule has 0 aromatic heterocycles. The first kappa shape index (κ1) is 29.2. The molecule has 0 radical (unpaired) electrons. The lowest BCUT2D eigenvalue weighted by molar-refractivity contribution is -0.138. The first-order valence-corrected chi connectivity index (χ1v) is 12.6. The predicted molar refractivity (Wildman–Crippen MR) is 149 cm³/mol. The molecule has 5 nitrogen and oxygen atoms in total. The number of fused-ring (bicyclic) bond motifs is 1. The molecule has 43 heavy (non-hydrogen) atoms. The number of alkyl halides is 6. The van der Waals surface area contributed by atoms with Gasteiger partial charge in [0.1, 0.15) is 11.5 Å². The van der Waals surface area contributed by atoms with Crippen molar-refractivity contribution in [2.75, 3.05) is 10.6 Å². The van der Waals surface area contributed by atoms with E-state index in [1.54, 1.807) is 18.2 Å². The minimum Gasteiger partial charge on any atom is -0.457 e. The Hall–Kier alpha value is -5.32. The Morgan fingerprint density at radius 1 is 0.512 bits per heavy atom. The van der Waals surface area contributed by atoms with E-state index in [1.165, 1.54) is 24.3 Å². The maximum Gasteiger partial charge on any atom is 0.416 e. The van der Waals surface area contributed by atoms with E-state index in [0.717, 1.165) is 53.2 Å². The molecule has 0 aliphatic rings. The monoisotopic (exact) mass is 594 g/mol. The van der Waals surface area contributed by atoms with E-state index in [0.29, 0.717) is 5.75 Å². The summed E-state index contributed by atoms with van der Waals surface area (Å²) in [5.41, 5.74) is -2.53. The van der Waals surface area contributed by atoms with Crippen LogP contribution in [0.2, 0.25) is 0 Å². The van der Waals surface area contributed by atoms with Crippen molar-refractivity contribution in [3.63, 3.8) is 0 Å². The molecule has 5 rings (SSSR count). The molecule has 0 unspecified atom stereocenters. The van der Waals surface area contributed by atoms with Crippen LogP contribution >= 0.6 is 0 Å². The molecular weight excluding hydrogens is 574 g/mol. The van der Waals surface area contributed by atoms with Crippen LogP contribution in [0.1, 0.15) is 31.8 Å². The van der Waals surface area contributed by atoms with Crippen LogP contribution in [0.4, 0.5) is 37.7 Å². The fraction of sp³-hybridized carbons (Fsp3) is 0.0625. The highest BCUT2D eigenvalue weighted by atomic mass is 19.4. The van der Waals surface area contributed by atoms with Gasteiger partial charge in [0.05, 0.1) is 11.1 Å². The molecule has 5 aromatic rings. The summed E-state index contributed by atoms with van der Waals surface area (Å²) in [6, 6.07) is 24.4. The normalized spacial score (nSPS) is 11.7. The summed E-state index contributed by atoms with van der Waals surface area (Å²) in [5.74, 6) is -1.31. The van der Waals surface area contributed by atoms with E-state index in [1.807, 2.05) is 24.3 Å². The molecule has 2 N–H and O–H groups in total. The lowest BCUT2D eigenvalue weighted by Crippen LogP contribution is -2.17. The van der Waals surface area contributed by atoms with Crippen molar-refractivity contribution in [3.8, 4) is 11.5 Å². The average molecular weight is 595 g/mol. The van der Waals surface area contributed by atoms with Crippen LogP contribution in [0.3, 0.4) is 0 Å². The zero-order valence-corrected chi connectivity index (χ0v) is 21.9. The zero-order valence-electron chi connectivity index (χ0n) is 21.9. The van der Waals surface area contributed by atoms with Gasteiger partial charge in [-0.1, -0.05) is 42.5 Å². The number of ether oxygens (including phenoxy) is 1. The van der Waals surface area contributed by atoms with Crippen molar-refractivity contribution in [1.29, 1.82) is 0 Å². The maximum absolute atomic E-state index is 13.2. The van der Waals surface area contributed by atoms with E-state index in [-0.39, 0.29) is 28.3 Å². The Morgan fingerprint density at radius 3 is 1.53 bits per heavy atom. The summed E-state index contributed by atoms with van der Waals surface area (Å²) in [7, 11) is 0. The van der Waals surface area contributed by atoms with Gasteiger partial charge in [-0.3, -0.25) is 9.59 Å². The van der Waals surface area contributed by atoms with E-state index in [4.69, 9.17) is 4.74 Å². The number of rotatable bonds is 6. The molecule has 5 aromatic carbocycles.